The summed E-state index contributed by atoms with van der Waals surface area (Å²) in [5.74, 6) is 0.506. The van der Waals surface area contributed by atoms with E-state index >= 15 is 0 Å². The average Bonchev–Trinajstić information content (AvgIpc) is 2.62. The first-order valence-corrected chi connectivity index (χ1v) is 3.66. The first-order valence-electron chi connectivity index (χ1n) is 3.66. The van der Waals surface area contributed by atoms with Gasteiger partial charge < -0.3 is 11.5 Å². The standard InChI is InChI=1S/C7H8N6.2ClH/c8-5-2-1-4(3-6(5)9)7-10-12-13-11-7;;/h1-3H,8-9H2,(H,10,11,12,13);2*1H. The monoisotopic (exact) mass is 248 g/mol. The summed E-state index contributed by atoms with van der Waals surface area (Å²) in [6.45, 7) is 0. The number of nitrogens with two attached hydrogens (primary N) is 2. The van der Waals surface area contributed by atoms with Gasteiger partial charge in [-0.05, 0) is 23.4 Å². The lowest BCUT2D eigenvalue weighted by Gasteiger charge is -2.00. The normalized spacial score (nSPS) is 8.80. The fourth-order valence-electron chi connectivity index (χ4n) is 0.998. The number of hydrogen-bond donors (Lipinski definition) is 3. The summed E-state index contributed by atoms with van der Waals surface area (Å²) in [7, 11) is 0. The number of halogens is 2. The number of nitrogen functional groups attached to an aromatic ring is 2. The molecule has 0 radical (unpaired) electrons. The largest absolute Gasteiger partial charge is 0.397 e. The number of tetrazole rings is 1. The quantitative estimate of drug-likeness (QED) is 0.650. The number of aromatic amines is 1. The second-order valence-corrected chi connectivity index (χ2v) is 2.58. The lowest BCUT2D eigenvalue weighted by Crippen LogP contribution is -1.94. The molecule has 82 valence electrons. The van der Waals surface area contributed by atoms with Crippen molar-refractivity contribution < 1.29 is 0 Å². The first-order chi connectivity index (χ1) is 6.27. The molecule has 0 unspecified atom stereocenters. The highest BCUT2D eigenvalue weighted by Crippen LogP contribution is 2.21. The van der Waals surface area contributed by atoms with Crippen molar-refractivity contribution in [2.45, 2.75) is 0 Å². The molecule has 0 spiro atoms. The lowest BCUT2D eigenvalue weighted by atomic mass is 10.1. The van der Waals surface area contributed by atoms with Crippen LogP contribution in [0.4, 0.5) is 11.4 Å². The second kappa shape index (κ2) is 5.38. The summed E-state index contributed by atoms with van der Waals surface area (Å²) in [6, 6.07) is 5.21. The number of rotatable bonds is 1. The van der Waals surface area contributed by atoms with Gasteiger partial charge >= 0.3 is 0 Å². The van der Waals surface area contributed by atoms with Crippen molar-refractivity contribution in [2.24, 2.45) is 0 Å². The van der Waals surface area contributed by atoms with Crippen molar-refractivity contribution in [3.63, 3.8) is 0 Å². The number of benzene rings is 1. The van der Waals surface area contributed by atoms with E-state index in [9.17, 15) is 0 Å². The zero-order valence-corrected chi connectivity index (χ0v) is 9.18. The van der Waals surface area contributed by atoms with Crippen LogP contribution in [-0.2, 0) is 0 Å². The molecule has 0 aliphatic heterocycles. The van der Waals surface area contributed by atoms with Crippen LogP contribution in [0.25, 0.3) is 11.4 Å². The second-order valence-electron chi connectivity index (χ2n) is 2.58. The van der Waals surface area contributed by atoms with Gasteiger partial charge in [0, 0.05) is 5.56 Å². The van der Waals surface area contributed by atoms with Crippen LogP contribution >= 0.6 is 24.8 Å². The minimum Gasteiger partial charge on any atom is -0.397 e. The van der Waals surface area contributed by atoms with Gasteiger partial charge in [0.25, 0.3) is 0 Å². The molecule has 8 heteroatoms. The molecule has 0 bridgehead atoms. The number of hydrogen-bond acceptors (Lipinski definition) is 5. The Balaban J connectivity index is 0.000000980. The van der Waals surface area contributed by atoms with E-state index in [1.165, 1.54) is 0 Å². The molecule has 5 N–H and O–H groups in total. The van der Waals surface area contributed by atoms with Crippen molar-refractivity contribution in [2.75, 3.05) is 11.5 Å². The summed E-state index contributed by atoms with van der Waals surface area (Å²) in [6.07, 6.45) is 0. The molecule has 2 rings (SSSR count). The molecule has 2 aromatic rings. The average molecular weight is 249 g/mol. The molecule has 0 aliphatic rings. The zero-order valence-electron chi connectivity index (χ0n) is 7.54. The van der Waals surface area contributed by atoms with Crippen LogP contribution in [0, 0.1) is 0 Å². The van der Waals surface area contributed by atoms with Crippen LogP contribution in [-0.4, -0.2) is 20.6 Å². The highest BCUT2D eigenvalue weighted by Gasteiger charge is 2.03. The lowest BCUT2D eigenvalue weighted by molar-refractivity contribution is 0.881. The van der Waals surface area contributed by atoms with Gasteiger partial charge in [-0.1, -0.05) is 0 Å². The first kappa shape index (κ1) is 13.5. The summed E-state index contributed by atoms with van der Waals surface area (Å²) in [5, 5.41) is 13.4. The summed E-state index contributed by atoms with van der Waals surface area (Å²) in [4.78, 5) is 0. The van der Waals surface area contributed by atoms with Gasteiger partial charge in [-0.2, -0.15) is 5.21 Å². The number of H-pyrrole nitrogens is 1. The van der Waals surface area contributed by atoms with Crippen molar-refractivity contribution in [1.82, 2.24) is 20.6 Å². The Hall–Kier alpha value is -1.53. The van der Waals surface area contributed by atoms with Crippen molar-refractivity contribution >= 4 is 36.2 Å². The smallest absolute Gasteiger partial charge is 0.204 e. The highest BCUT2D eigenvalue weighted by atomic mass is 35.5. The van der Waals surface area contributed by atoms with Gasteiger partial charge in [0.2, 0.25) is 5.82 Å². The molecule has 0 amide bonds. The van der Waals surface area contributed by atoms with E-state index in [0.717, 1.165) is 5.56 Å². The van der Waals surface area contributed by atoms with E-state index < -0.39 is 0 Å². The maximum absolute atomic E-state index is 5.62. The van der Waals surface area contributed by atoms with Gasteiger partial charge in [0.05, 0.1) is 11.4 Å². The van der Waals surface area contributed by atoms with Gasteiger partial charge in [-0.3, -0.25) is 0 Å². The minimum atomic E-state index is 0. The molecule has 0 atom stereocenters. The third-order valence-electron chi connectivity index (χ3n) is 1.69. The van der Waals surface area contributed by atoms with E-state index in [0.29, 0.717) is 17.2 Å². The van der Waals surface area contributed by atoms with E-state index in [4.69, 9.17) is 11.5 Å². The van der Waals surface area contributed by atoms with E-state index in [1.807, 2.05) is 0 Å². The van der Waals surface area contributed by atoms with Crippen LogP contribution in [0.1, 0.15) is 0 Å². The number of anilines is 2. The van der Waals surface area contributed by atoms with E-state index in [-0.39, 0.29) is 24.8 Å². The number of nitrogens with one attached hydrogen (secondary N) is 1. The van der Waals surface area contributed by atoms with Crippen LogP contribution < -0.4 is 11.5 Å². The Morgan fingerprint density at radius 2 is 1.80 bits per heavy atom. The summed E-state index contributed by atoms with van der Waals surface area (Å²) in [5.41, 5.74) is 13.0. The minimum absolute atomic E-state index is 0. The molecule has 0 aliphatic carbocycles. The third-order valence-corrected chi connectivity index (χ3v) is 1.69. The van der Waals surface area contributed by atoms with Crippen molar-refractivity contribution in [1.29, 1.82) is 0 Å². The molecule has 15 heavy (non-hydrogen) atoms. The predicted molar refractivity (Wildman–Crippen MR) is 62.9 cm³/mol. The molecule has 0 saturated carbocycles. The molecule has 1 aromatic heterocycles. The maximum Gasteiger partial charge on any atom is 0.204 e. The van der Waals surface area contributed by atoms with Crippen LogP contribution in [0.15, 0.2) is 18.2 Å². The van der Waals surface area contributed by atoms with Crippen LogP contribution in [0.5, 0.6) is 0 Å². The summed E-state index contributed by atoms with van der Waals surface area (Å²) < 4.78 is 0. The molecule has 0 fully saturated rings. The molecule has 0 saturated heterocycles. The Kier molecular flexibility index (Phi) is 4.83. The fourth-order valence-corrected chi connectivity index (χ4v) is 0.998. The number of nitrogens with zero attached hydrogens (tertiary/aromatic N) is 3. The SMILES string of the molecule is Cl.Cl.Nc1ccc(-c2nn[nH]n2)cc1N. The molecular weight excluding hydrogens is 239 g/mol. The van der Waals surface area contributed by atoms with E-state index in [2.05, 4.69) is 20.6 Å². The summed E-state index contributed by atoms with van der Waals surface area (Å²) >= 11 is 0. The Bertz CT molecular complexity index is 415. The maximum atomic E-state index is 5.62. The fraction of sp³-hybridized carbons (Fsp3) is 0. The highest BCUT2D eigenvalue weighted by molar-refractivity contribution is 5.85. The Morgan fingerprint density at radius 3 is 2.33 bits per heavy atom. The van der Waals surface area contributed by atoms with E-state index in [1.54, 1.807) is 18.2 Å². The van der Waals surface area contributed by atoms with Gasteiger partial charge in [0.15, 0.2) is 0 Å². The van der Waals surface area contributed by atoms with Crippen molar-refractivity contribution in [3.8, 4) is 11.4 Å². The van der Waals surface area contributed by atoms with Gasteiger partial charge in [-0.15, -0.1) is 35.0 Å². The molecule has 6 nitrogen and oxygen atoms in total. The molecule has 1 heterocycles. The Morgan fingerprint density at radius 1 is 1.07 bits per heavy atom. The van der Waals surface area contributed by atoms with Crippen molar-refractivity contribution in [3.05, 3.63) is 18.2 Å². The van der Waals surface area contributed by atoms with Crippen LogP contribution in [0.2, 0.25) is 0 Å². The molecular formula is C7H10Cl2N6. The topological polar surface area (TPSA) is 106 Å². The Labute approximate surface area is 98.2 Å². The van der Waals surface area contributed by atoms with Gasteiger partial charge in [0.1, 0.15) is 0 Å². The van der Waals surface area contributed by atoms with Crippen LogP contribution in [0.3, 0.4) is 0 Å². The third kappa shape index (κ3) is 2.71. The number of aromatic nitrogens is 4. The van der Waals surface area contributed by atoms with Gasteiger partial charge in [-0.25, -0.2) is 0 Å². The molecule has 1 aromatic carbocycles. The predicted octanol–water partition coefficient (Wildman–Crippen LogP) is 0.875. The zero-order chi connectivity index (χ0) is 9.26.